The minimum absolute atomic E-state index is 0.186. The number of hydrogen-bond donors (Lipinski definition) is 0. The highest BCUT2D eigenvalue weighted by atomic mass is 32.2. The molecule has 0 aliphatic carbocycles. The molecule has 0 spiro atoms. The van der Waals surface area contributed by atoms with Gasteiger partial charge < -0.3 is 0 Å². The Morgan fingerprint density at radius 2 is 1.38 bits per heavy atom. The molecule has 0 aliphatic heterocycles. The molecule has 29 heavy (non-hydrogen) atoms. The molecule has 146 valence electrons. The van der Waals surface area contributed by atoms with Gasteiger partial charge >= 0.3 is 0 Å². The Balaban J connectivity index is 1.85. The summed E-state index contributed by atoms with van der Waals surface area (Å²) in [6.45, 7) is 0.232. The van der Waals surface area contributed by atoms with Crippen LogP contribution < -0.4 is 4.31 Å². The van der Waals surface area contributed by atoms with Gasteiger partial charge in [0.25, 0.3) is 10.0 Å². The summed E-state index contributed by atoms with van der Waals surface area (Å²) >= 11 is 0. The second-order valence-corrected chi connectivity index (χ2v) is 8.55. The summed E-state index contributed by atoms with van der Waals surface area (Å²) in [7, 11) is -2.13. The van der Waals surface area contributed by atoms with Crippen molar-refractivity contribution in [1.29, 1.82) is 0 Å². The van der Waals surface area contributed by atoms with Crippen LogP contribution in [0, 0.1) is 0 Å². The highest BCUT2D eigenvalue weighted by Gasteiger charge is 2.30. The Hall–Kier alpha value is -3.38. The molecule has 0 saturated carbocycles. The molecule has 0 saturated heterocycles. The van der Waals surface area contributed by atoms with Crippen molar-refractivity contribution in [3.05, 3.63) is 103 Å². The fourth-order valence-corrected chi connectivity index (χ4v) is 4.87. The predicted molar refractivity (Wildman–Crippen MR) is 115 cm³/mol. The number of hydrogen-bond acceptors (Lipinski definition) is 3. The first kappa shape index (κ1) is 19.0. The van der Waals surface area contributed by atoms with Gasteiger partial charge in [-0.25, -0.2) is 8.42 Å². The second-order valence-electron chi connectivity index (χ2n) is 6.71. The van der Waals surface area contributed by atoms with Crippen molar-refractivity contribution in [2.24, 2.45) is 7.05 Å². The Bertz CT molecular complexity index is 1190. The third-order valence-electron chi connectivity index (χ3n) is 4.62. The second kappa shape index (κ2) is 7.93. The smallest absolute Gasteiger partial charge is 0.268 e. The van der Waals surface area contributed by atoms with Gasteiger partial charge in [-0.2, -0.15) is 5.10 Å². The van der Waals surface area contributed by atoms with E-state index >= 15 is 0 Å². The van der Waals surface area contributed by atoms with Crippen LogP contribution in [0.2, 0.25) is 0 Å². The van der Waals surface area contributed by atoms with Gasteiger partial charge in [0.05, 0.1) is 12.2 Å². The van der Waals surface area contributed by atoms with Crippen molar-refractivity contribution in [3.63, 3.8) is 0 Å². The number of anilines is 1. The molecule has 0 amide bonds. The maximum absolute atomic E-state index is 13.8. The maximum Gasteiger partial charge on any atom is 0.268 e. The molecule has 0 unspecified atom stereocenters. The topological polar surface area (TPSA) is 55.2 Å². The van der Waals surface area contributed by atoms with Crippen LogP contribution in [0.1, 0.15) is 5.56 Å². The molecule has 1 aromatic heterocycles. The van der Waals surface area contributed by atoms with Crippen LogP contribution >= 0.6 is 0 Å². The SMILES string of the molecule is Cn1cc(S(=O)(=O)N(Cc2ccccc2)c2ccccc2)c(-c2ccccc2)n1. The number of para-hydroxylation sites is 1. The largest absolute Gasteiger partial charge is 0.274 e. The highest BCUT2D eigenvalue weighted by molar-refractivity contribution is 7.93. The molecule has 1 heterocycles. The maximum atomic E-state index is 13.8. The van der Waals surface area contributed by atoms with E-state index in [2.05, 4.69) is 5.10 Å². The molecule has 0 radical (unpaired) electrons. The Morgan fingerprint density at radius 1 is 0.828 bits per heavy atom. The lowest BCUT2D eigenvalue weighted by molar-refractivity contribution is 0.590. The molecule has 0 bridgehead atoms. The number of aryl methyl sites for hydroxylation is 1. The van der Waals surface area contributed by atoms with E-state index in [1.807, 2.05) is 78.9 Å². The molecule has 0 fully saturated rings. The standard InChI is InChI=1S/C23H21N3O2S/c1-25-18-22(23(24-25)20-13-7-3-8-14-20)29(27,28)26(21-15-9-4-10-16-21)17-19-11-5-2-6-12-19/h2-16,18H,17H2,1H3. The zero-order chi connectivity index (χ0) is 20.3. The number of sulfonamides is 1. The summed E-state index contributed by atoms with van der Waals surface area (Å²) in [6, 6.07) is 28.1. The van der Waals surface area contributed by atoms with E-state index in [1.54, 1.807) is 30.1 Å². The highest BCUT2D eigenvalue weighted by Crippen LogP contribution is 2.31. The first-order valence-electron chi connectivity index (χ1n) is 9.26. The average molecular weight is 404 g/mol. The zero-order valence-corrected chi connectivity index (χ0v) is 16.8. The fourth-order valence-electron chi connectivity index (χ4n) is 3.23. The zero-order valence-electron chi connectivity index (χ0n) is 16.0. The van der Waals surface area contributed by atoms with Gasteiger partial charge in [-0.15, -0.1) is 0 Å². The lowest BCUT2D eigenvalue weighted by Gasteiger charge is -2.24. The lowest BCUT2D eigenvalue weighted by atomic mass is 10.2. The monoisotopic (exact) mass is 403 g/mol. The fraction of sp³-hybridized carbons (Fsp3) is 0.0870. The summed E-state index contributed by atoms with van der Waals surface area (Å²) in [6.07, 6.45) is 1.57. The molecular formula is C23H21N3O2S. The molecular weight excluding hydrogens is 382 g/mol. The minimum atomic E-state index is -3.86. The summed E-state index contributed by atoms with van der Waals surface area (Å²) in [5, 5.41) is 4.44. The van der Waals surface area contributed by atoms with Crippen LogP contribution in [0.5, 0.6) is 0 Å². The third kappa shape index (κ3) is 3.93. The van der Waals surface area contributed by atoms with E-state index in [-0.39, 0.29) is 11.4 Å². The van der Waals surface area contributed by atoms with Gasteiger partial charge in [0.15, 0.2) is 0 Å². The average Bonchev–Trinajstić information content (AvgIpc) is 3.16. The molecule has 6 heteroatoms. The van der Waals surface area contributed by atoms with Gasteiger partial charge in [-0.05, 0) is 17.7 Å². The molecule has 5 nitrogen and oxygen atoms in total. The van der Waals surface area contributed by atoms with E-state index in [1.165, 1.54) is 4.31 Å². The van der Waals surface area contributed by atoms with Gasteiger partial charge in [0.1, 0.15) is 10.6 Å². The molecule has 0 aliphatic rings. The van der Waals surface area contributed by atoms with E-state index in [0.29, 0.717) is 11.4 Å². The molecule has 4 rings (SSSR count). The van der Waals surface area contributed by atoms with Crippen molar-refractivity contribution in [3.8, 4) is 11.3 Å². The van der Waals surface area contributed by atoms with Crippen molar-refractivity contribution in [2.45, 2.75) is 11.4 Å². The van der Waals surface area contributed by atoms with Crippen molar-refractivity contribution in [2.75, 3.05) is 4.31 Å². The van der Waals surface area contributed by atoms with Crippen LogP contribution in [0.3, 0.4) is 0 Å². The summed E-state index contributed by atoms with van der Waals surface area (Å²) in [5.74, 6) is 0. The van der Waals surface area contributed by atoms with Crippen LogP contribution in [-0.2, 0) is 23.6 Å². The Morgan fingerprint density at radius 3 is 2.00 bits per heavy atom. The van der Waals surface area contributed by atoms with Crippen LogP contribution in [-0.4, -0.2) is 18.2 Å². The number of rotatable bonds is 6. The summed E-state index contributed by atoms with van der Waals surface area (Å²) < 4.78 is 30.6. The van der Waals surface area contributed by atoms with Crippen LogP contribution in [0.15, 0.2) is 102 Å². The Labute approximate surface area is 170 Å². The van der Waals surface area contributed by atoms with E-state index in [9.17, 15) is 8.42 Å². The Kier molecular flexibility index (Phi) is 5.18. The molecule has 0 atom stereocenters. The van der Waals surface area contributed by atoms with Crippen LogP contribution in [0.4, 0.5) is 5.69 Å². The van der Waals surface area contributed by atoms with E-state index < -0.39 is 10.0 Å². The number of aromatic nitrogens is 2. The predicted octanol–water partition coefficient (Wildman–Crippen LogP) is 4.48. The van der Waals surface area contributed by atoms with Crippen molar-refractivity contribution >= 4 is 15.7 Å². The summed E-state index contributed by atoms with van der Waals surface area (Å²) in [4.78, 5) is 0.186. The minimum Gasteiger partial charge on any atom is -0.274 e. The van der Waals surface area contributed by atoms with Crippen molar-refractivity contribution in [1.82, 2.24) is 9.78 Å². The molecule has 4 aromatic rings. The van der Waals surface area contributed by atoms with Crippen LogP contribution in [0.25, 0.3) is 11.3 Å². The third-order valence-corrected chi connectivity index (χ3v) is 6.40. The molecule has 3 aromatic carbocycles. The van der Waals surface area contributed by atoms with Gasteiger partial charge in [-0.1, -0.05) is 78.9 Å². The lowest BCUT2D eigenvalue weighted by Crippen LogP contribution is -2.30. The molecule has 0 N–H and O–H groups in total. The van der Waals surface area contributed by atoms with E-state index in [4.69, 9.17) is 0 Å². The number of nitrogens with zero attached hydrogens (tertiary/aromatic N) is 3. The van der Waals surface area contributed by atoms with Gasteiger partial charge in [-0.3, -0.25) is 8.99 Å². The van der Waals surface area contributed by atoms with Gasteiger partial charge in [0, 0.05) is 18.8 Å². The quantitative estimate of drug-likeness (QED) is 0.477. The number of benzene rings is 3. The first-order valence-corrected chi connectivity index (χ1v) is 10.7. The summed E-state index contributed by atoms with van der Waals surface area (Å²) in [5.41, 5.74) is 2.73. The van der Waals surface area contributed by atoms with Gasteiger partial charge in [0.2, 0.25) is 0 Å². The van der Waals surface area contributed by atoms with E-state index in [0.717, 1.165) is 11.1 Å². The van der Waals surface area contributed by atoms with Crippen molar-refractivity contribution < 1.29 is 8.42 Å². The first-order chi connectivity index (χ1) is 14.1. The normalized spacial score (nSPS) is 11.3.